The molecule has 0 aromatic carbocycles. The number of hydrogen-bond donors (Lipinski definition) is 1. The third-order valence-corrected chi connectivity index (χ3v) is 3.37. The average Bonchev–Trinajstić information content (AvgIpc) is 2.27. The first-order valence-electron chi connectivity index (χ1n) is 5.94. The van der Waals surface area contributed by atoms with Crippen LogP contribution >= 0.6 is 0 Å². The quantitative estimate of drug-likeness (QED) is 0.843. The van der Waals surface area contributed by atoms with Gasteiger partial charge in [-0.05, 0) is 25.7 Å². The van der Waals surface area contributed by atoms with E-state index in [0.29, 0.717) is 17.8 Å². The van der Waals surface area contributed by atoms with Gasteiger partial charge in [0.25, 0.3) is 0 Å². The Labute approximate surface area is 102 Å². The second kappa shape index (κ2) is 4.87. The summed E-state index contributed by atoms with van der Waals surface area (Å²) in [4.78, 5) is 10.6. The van der Waals surface area contributed by atoms with Crippen LogP contribution in [0, 0.1) is 12.8 Å². The van der Waals surface area contributed by atoms with Crippen LogP contribution in [0.25, 0.3) is 0 Å². The van der Waals surface area contributed by atoms with E-state index in [2.05, 4.69) is 21.9 Å². The van der Waals surface area contributed by atoms with Crippen LogP contribution in [-0.4, -0.2) is 36.7 Å². The van der Waals surface area contributed by atoms with Crippen molar-refractivity contribution in [1.29, 1.82) is 0 Å². The van der Waals surface area contributed by atoms with E-state index < -0.39 is 0 Å². The normalized spacial score (nSPS) is 23.1. The second-order valence-electron chi connectivity index (χ2n) is 4.81. The molecule has 2 rings (SSSR count). The van der Waals surface area contributed by atoms with Crippen molar-refractivity contribution in [3.8, 4) is 5.88 Å². The Balaban J connectivity index is 2.05. The van der Waals surface area contributed by atoms with Crippen LogP contribution in [0.1, 0.15) is 18.4 Å². The molecule has 0 spiro atoms. The molecule has 0 atom stereocenters. The Kier molecular flexibility index (Phi) is 3.47. The first kappa shape index (κ1) is 12.1. The molecule has 0 saturated heterocycles. The maximum absolute atomic E-state index is 5.79. The molecule has 1 heterocycles. The molecular formula is C12H20N4O. The lowest BCUT2D eigenvalue weighted by Gasteiger charge is -2.36. The van der Waals surface area contributed by atoms with Crippen molar-refractivity contribution in [2.75, 3.05) is 25.6 Å². The van der Waals surface area contributed by atoms with E-state index >= 15 is 0 Å². The van der Waals surface area contributed by atoms with Gasteiger partial charge in [-0.25, -0.2) is 9.97 Å². The zero-order valence-corrected chi connectivity index (χ0v) is 10.7. The predicted molar refractivity (Wildman–Crippen MR) is 67.3 cm³/mol. The number of methoxy groups -OCH3 is 1. The number of anilines is 1. The molecule has 0 unspecified atom stereocenters. The van der Waals surface area contributed by atoms with E-state index in [1.807, 2.05) is 6.92 Å². The van der Waals surface area contributed by atoms with E-state index in [1.165, 1.54) is 0 Å². The second-order valence-corrected chi connectivity index (χ2v) is 4.81. The Hall–Kier alpha value is -1.36. The fourth-order valence-electron chi connectivity index (χ4n) is 2.43. The van der Waals surface area contributed by atoms with Gasteiger partial charge in [-0.15, -0.1) is 0 Å². The SMILES string of the molecule is COc1ncnc(N(C)CC2CC(N)C2)c1C. The van der Waals surface area contributed by atoms with Gasteiger partial charge in [0.1, 0.15) is 12.1 Å². The molecule has 0 aliphatic heterocycles. The molecule has 1 aromatic rings. The van der Waals surface area contributed by atoms with Crippen molar-refractivity contribution in [2.45, 2.75) is 25.8 Å². The standard InChI is InChI=1S/C12H20N4O/c1-8-11(14-7-15-12(8)17-3)16(2)6-9-4-10(13)5-9/h7,9-10H,4-6,13H2,1-3H3. The summed E-state index contributed by atoms with van der Waals surface area (Å²) in [5.74, 6) is 2.28. The van der Waals surface area contributed by atoms with Crippen molar-refractivity contribution in [1.82, 2.24) is 9.97 Å². The molecule has 1 aliphatic rings. The highest BCUT2D eigenvalue weighted by atomic mass is 16.5. The maximum Gasteiger partial charge on any atom is 0.221 e. The first-order chi connectivity index (χ1) is 8.11. The smallest absolute Gasteiger partial charge is 0.221 e. The summed E-state index contributed by atoms with van der Waals surface area (Å²) in [7, 11) is 3.68. The lowest BCUT2D eigenvalue weighted by atomic mass is 9.80. The highest BCUT2D eigenvalue weighted by Gasteiger charge is 2.27. The zero-order valence-electron chi connectivity index (χ0n) is 10.7. The average molecular weight is 236 g/mol. The molecule has 0 amide bonds. The monoisotopic (exact) mass is 236 g/mol. The summed E-state index contributed by atoms with van der Waals surface area (Å²) in [5.41, 5.74) is 6.78. The fourth-order valence-corrected chi connectivity index (χ4v) is 2.43. The van der Waals surface area contributed by atoms with Crippen LogP contribution in [0.5, 0.6) is 5.88 Å². The van der Waals surface area contributed by atoms with Crippen LogP contribution < -0.4 is 15.4 Å². The van der Waals surface area contributed by atoms with Gasteiger partial charge in [-0.2, -0.15) is 0 Å². The molecule has 1 aromatic heterocycles. The highest BCUT2D eigenvalue weighted by Crippen LogP contribution is 2.29. The van der Waals surface area contributed by atoms with Gasteiger partial charge in [0.05, 0.1) is 12.7 Å². The van der Waals surface area contributed by atoms with Gasteiger partial charge in [0.2, 0.25) is 5.88 Å². The lowest BCUT2D eigenvalue weighted by Crippen LogP contribution is -2.42. The van der Waals surface area contributed by atoms with Crippen molar-refractivity contribution in [3.05, 3.63) is 11.9 Å². The summed E-state index contributed by atoms with van der Waals surface area (Å²) < 4.78 is 5.20. The third-order valence-electron chi connectivity index (χ3n) is 3.37. The Morgan fingerprint density at radius 2 is 2.18 bits per heavy atom. The van der Waals surface area contributed by atoms with Gasteiger partial charge in [-0.3, -0.25) is 0 Å². The lowest BCUT2D eigenvalue weighted by molar-refractivity contribution is 0.270. The number of aromatic nitrogens is 2. The van der Waals surface area contributed by atoms with Gasteiger partial charge in [0.15, 0.2) is 0 Å². The molecule has 5 nitrogen and oxygen atoms in total. The topological polar surface area (TPSA) is 64.3 Å². The summed E-state index contributed by atoms with van der Waals surface area (Å²) in [6, 6.07) is 0.398. The minimum atomic E-state index is 0.398. The number of nitrogens with zero attached hydrogens (tertiary/aromatic N) is 3. The van der Waals surface area contributed by atoms with Crippen molar-refractivity contribution < 1.29 is 4.74 Å². The Bertz CT molecular complexity index is 390. The van der Waals surface area contributed by atoms with Crippen molar-refractivity contribution in [2.24, 2.45) is 11.7 Å². The van der Waals surface area contributed by atoms with Gasteiger partial charge in [0, 0.05) is 19.6 Å². The molecule has 0 radical (unpaired) electrons. The molecule has 94 valence electrons. The summed E-state index contributed by atoms with van der Waals surface area (Å²) in [6.45, 7) is 2.98. The number of hydrogen-bond acceptors (Lipinski definition) is 5. The number of rotatable bonds is 4. The van der Waals surface area contributed by atoms with Gasteiger partial charge in [-0.1, -0.05) is 0 Å². The van der Waals surface area contributed by atoms with Crippen LogP contribution in [0.15, 0.2) is 6.33 Å². The predicted octanol–water partition coefficient (Wildman–Crippen LogP) is 0.967. The largest absolute Gasteiger partial charge is 0.481 e. The molecule has 2 N–H and O–H groups in total. The highest BCUT2D eigenvalue weighted by molar-refractivity contribution is 5.49. The first-order valence-corrected chi connectivity index (χ1v) is 5.94. The van der Waals surface area contributed by atoms with Crippen LogP contribution in [0.4, 0.5) is 5.82 Å². The molecular weight excluding hydrogens is 216 g/mol. The summed E-state index contributed by atoms with van der Waals surface area (Å²) in [6.07, 6.45) is 3.78. The Morgan fingerprint density at radius 1 is 1.47 bits per heavy atom. The fraction of sp³-hybridized carbons (Fsp3) is 0.667. The molecule has 1 saturated carbocycles. The maximum atomic E-state index is 5.79. The number of nitrogens with two attached hydrogens (primary N) is 1. The number of ether oxygens (including phenoxy) is 1. The molecule has 1 fully saturated rings. The Morgan fingerprint density at radius 3 is 2.76 bits per heavy atom. The van der Waals surface area contributed by atoms with E-state index in [1.54, 1.807) is 13.4 Å². The van der Waals surface area contributed by atoms with Crippen LogP contribution in [0.2, 0.25) is 0 Å². The van der Waals surface area contributed by atoms with Crippen molar-refractivity contribution in [3.63, 3.8) is 0 Å². The molecule has 17 heavy (non-hydrogen) atoms. The van der Waals surface area contributed by atoms with E-state index in [0.717, 1.165) is 30.8 Å². The van der Waals surface area contributed by atoms with E-state index in [9.17, 15) is 0 Å². The molecule has 5 heteroatoms. The summed E-state index contributed by atoms with van der Waals surface area (Å²) >= 11 is 0. The van der Waals surface area contributed by atoms with Crippen molar-refractivity contribution >= 4 is 5.82 Å². The van der Waals surface area contributed by atoms with Crippen LogP contribution in [-0.2, 0) is 0 Å². The van der Waals surface area contributed by atoms with Gasteiger partial charge >= 0.3 is 0 Å². The summed E-state index contributed by atoms with van der Waals surface area (Å²) in [5, 5.41) is 0. The van der Waals surface area contributed by atoms with Crippen LogP contribution in [0.3, 0.4) is 0 Å². The molecule has 1 aliphatic carbocycles. The third kappa shape index (κ3) is 2.49. The minimum Gasteiger partial charge on any atom is -0.481 e. The van der Waals surface area contributed by atoms with Gasteiger partial charge < -0.3 is 15.4 Å². The minimum absolute atomic E-state index is 0.398. The molecule has 0 bridgehead atoms. The van der Waals surface area contributed by atoms with E-state index in [-0.39, 0.29) is 0 Å². The van der Waals surface area contributed by atoms with E-state index in [4.69, 9.17) is 10.5 Å². The zero-order chi connectivity index (χ0) is 12.4.